The van der Waals surface area contributed by atoms with Crippen LogP contribution in [-0.2, 0) is 12.8 Å². The van der Waals surface area contributed by atoms with Gasteiger partial charge in [0.2, 0.25) is 11.4 Å². The van der Waals surface area contributed by atoms with Crippen LogP contribution >= 0.6 is 0 Å². The smallest absolute Gasteiger partial charge is 0.215 e. The van der Waals surface area contributed by atoms with Crippen molar-refractivity contribution in [2.45, 2.75) is 201 Å². The first-order valence-electron chi connectivity index (χ1n) is 21.6. The summed E-state index contributed by atoms with van der Waals surface area (Å²) in [4.78, 5) is 0. The van der Waals surface area contributed by atoms with Crippen molar-refractivity contribution in [1.82, 2.24) is 0 Å². The van der Waals surface area contributed by atoms with E-state index in [4.69, 9.17) is 0 Å². The summed E-state index contributed by atoms with van der Waals surface area (Å²) in [5, 5.41) is 0. The van der Waals surface area contributed by atoms with E-state index in [9.17, 15) is 5.84 Å². The molecule has 0 fully saturated rings. The minimum atomic E-state index is 0.937. The second-order valence-corrected chi connectivity index (χ2v) is 15.2. The van der Waals surface area contributed by atoms with Gasteiger partial charge in [-0.15, -0.1) is 0 Å². The van der Waals surface area contributed by atoms with Crippen LogP contribution in [0, 0.1) is 0 Å². The predicted octanol–water partition coefficient (Wildman–Crippen LogP) is 15.7. The minimum absolute atomic E-state index is 0.937. The predicted molar refractivity (Wildman–Crippen MR) is 222 cm³/mol. The summed E-state index contributed by atoms with van der Waals surface area (Å²) in [5.41, 5.74) is 9.92. The third-order valence-corrected chi connectivity index (χ3v) is 10.9. The summed E-state index contributed by atoms with van der Waals surface area (Å²) in [6, 6.07) is 18.3. The standard InChI is InChI=1S/C48H76N2/c1-5-9-12-13-14-15-16-17-18-19-20-21-22-23-24-25-26-29-32-46-45(8-4)47(43-37-33-41(34-38-43)30-27-10-6-2)50(49)48(46)44-39-35-42(36-40-44)31-28-11-7-3/h32-40,49H,5-31H2,1-4H3. The highest BCUT2D eigenvalue weighted by Crippen LogP contribution is 2.37. The second-order valence-electron chi connectivity index (χ2n) is 15.2. The fourth-order valence-corrected chi connectivity index (χ4v) is 7.74. The van der Waals surface area contributed by atoms with E-state index in [-0.39, 0.29) is 0 Å². The monoisotopic (exact) mass is 681 g/mol. The van der Waals surface area contributed by atoms with E-state index in [1.165, 1.54) is 181 Å². The Bertz CT molecular complexity index is 1260. The van der Waals surface area contributed by atoms with Crippen LogP contribution in [-0.4, -0.2) is 10.4 Å². The van der Waals surface area contributed by atoms with Gasteiger partial charge in [0.1, 0.15) is 0 Å². The Morgan fingerprint density at radius 3 is 1.26 bits per heavy atom. The van der Waals surface area contributed by atoms with Crippen LogP contribution in [0.25, 0.3) is 11.5 Å². The van der Waals surface area contributed by atoms with Gasteiger partial charge >= 0.3 is 0 Å². The van der Waals surface area contributed by atoms with Crippen molar-refractivity contribution in [3.63, 3.8) is 0 Å². The zero-order valence-corrected chi connectivity index (χ0v) is 33.2. The lowest BCUT2D eigenvalue weighted by Gasteiger charge is -2.09. The second kappa shape index (κ2) is 26.2. The molecule has 2 aromatic rings. The molecule has 0 spiro atoms. The molecule has 50 heavy (non-hydrogen) atoms. The molecule has 0 unspecified atom stereocenters. The highest BCUT2D eigenvalue weighted by atomic mass is 15.3. The summed E-state index contributed by atoms with van der Waals surface area (Å²) in [5.74, 6) is 9.47. The maximum absolute atomic E-state index is 9.47. The van der Waals surface area contributed by atoms with Gasteiger partial charge in [-0.3, -0.25) is 0 Å². The number of benzene rings is 2. The molecule has 2 nitrogen and oxygen atoms in total. The molecule has 0 radical (unpaired) electrons. The molecule has 278 valence electrons. The molecular formula is C48H76N2. The minimum Gasteiger partial charge on any atom is -0.448 e. The summed E-state index contributed by atoms with van der Waals surface area (Å²) < 4.78 is 1.76. The molecular weight excluding hydrogens is 605 g/mol. The van der Waals surface area contributed by atoms with Gasteiger partial charge in [-0.05, 0) is 80.3 Å². The molecule has 2 aromatic carbocycles. The number of rotatable bonds is 29. The molecule has 1 N–H and O–H groups in total. The number of aryl methyl sites for hydroxylation is 2. The fourth-order valence-electron chi connectivity index (χ4n) is 7.74. The SMILES string of the molecule is CCCCCCCCCCCCCCCCCCCC=C1C(CC)=C(c2ccc(CCCCC)cc2)[N+]([NH-])=C1c1ccc(CCCCC)cc1. The van der Waals surface area contributed by atoms with Gasteiger partial charge in [0.15, 0.2) is 0 Å². The number of unbranched alkanes of at least 4 members (excludes halogenated alkanes) is 21. The van der Waals surface area contributed by atoms with Crippen LogP contribution in [0.1, 0.15) is 210 Å². The molecule has 0 aromatic heterocycles. The molecule has 0 aliphatic carbocycles. The number of hydrogen-bond acceptors (Lipinski definition) is 0. The average Bonchev–Trinajstić information content (AvgIpc) is 3.42. The van der Waals surface area contributed by atoms with E-state index in [1.54, 1.807) is 4.68 Å². The number of nitrogens with zero attached hydrogens (tertiary/aromatic N) is 1. The van der Waals surface area contributed by atoms with Gasteiger partial charge in [0.05, 0.1) is 5.57 Å². The maximum Gasteiger partial charge on any atom is 0.215 e. The van der Waals surface area contributed by atoms with Gasteiger partial charge in [-0.2, -0.15) is 0 Å². The quantitative estimate of drug-likeness (QED) is 0.0604. The zero-order valence-electron chi connectivity index (χ0n) is 33.2. The molecule has 0 atom stereocenters. The van der Waals surface area contributed by atoms with Crippen LogP contribution < -0.4 is 0 Å². The van der Waals surface area contributed by atoms with E-state index < -0.39 is 0 Å². The molecule has 3 rings (SSSR count). The van der Waals surface area contributed by atoms with Crippen LogP contribution in [0.15, 0.2) is 65.8 Å². The van der Waals surface area contributed by atoms with E-state index in [2.05, 4.69) is 82.3 Å². The molecule has 0 saturated carbocycles. The topological polar surface area (TPSA) is 26.8 Å². The lowest BCUT2D eigenvalue weighted by Crippen LogP contribution is -2.11. The summed E-state index contributed by atoms with van der Waals surface area (Å²) in [7, 11) is 0. The summed E-state index contributed by atoms with van der Waals surface area (Å²) >= 11 is 0. The van der Waals surface area contributed by atoms with E-state index >= 15 is 0 Å². The fraction of sp³-hybridized carbons (Fsp3) is 0.646. The highest BCUT2D eigenvalue weighted by Gasteiger charge is 2.34. The third kappa shape index (κ3) is 14.9. The number of nitrogens with one attached hydrogen (secondary N) is 1. The highest BCUT2D eigenvalue weighted by molar-refractivity contribution is 6.16. The van der Waals surface area contributed by atoms with Crippen molar-refractivity contribution in [2.75, 3.05) is 0 Å². The Morgan fingerprint density at radius 1 is 0.460 bits per heavy atom. The first-order valence-corrected chi connectivity index (χ1v) is 21.6. The summed E-state index contributed by atoms with van der Waals surface area (Å²) in [6.45, 7) is 9.11. The lowest BCUT2D eigenvalue weighted by atomic mass is 9.92. The Morgan fingerprint density at radius 2 is 0.840 bits per heavy atom. The molecule has 0 saturated heterocycles. The van der Waals surface area contributed by atoms with Gasteiger partial charge < -0.3 is 5.84 Å². The lowest BCUT2D eigenvalue weighted by molar-refractivity contribution is -0.347. The van der Waals surface area contributed by atoms with Gasteiger partial charge in [0, 0.05) is 16.7 Å². The van der Waals surface area contributed by atoms with Crippen molar-refractivity contribution in [1.29, 1.82) is 0 Å². The zero-order chi connectivity index (χ0) is 35.7. The van der Waals surface area contributed by atoms with Crippen LogP contribution in [0.2, 0.25) is 0 Å². The molecule has 0 bridgehead atoms. The van der Waals surface area contributed by atoms with Crippen LogP contribution in [0.5, 0.6) is 0 Å². The van der Waals surface area contributed by atoms with Gasteiger partial charge in [-0.25, -0.2) is 4.68 Å². The van der Waals surface area contributed by atoms with Crippen molar-refractivity contribution >= 4 is 11.4 Å². The average molecular weight is 681 g/mol. The summed E-state index contributed by atoms with van der Waals surface area (Å²) in [6.07, 6.45) is 38.3. The Labute approximate surface area is 310 Å². The molecule has 1 aliphatic heterocycles. The van der Waals surface area contributed by atoms with Crippen LogP contribution in [0.4, 0.5) is 0 Å². The Hall–Kier alpha value is -2.61. The van der Waals surface area contributed by atoms with Crippen molar-refractivity contribution in [3.8, 4) is 0 Å². The molecule has 1 aliphatic rings. The third-order valence-electron chi connectivity index (χ3n) is 10.9. The largest absolute Gasteiger partial charge is 0.448 e. The van der Waals surface area contributed by atoms with Crippen molar-refractivity contribution in [3.05, 3.63) is 93.8 Å². The van der Waals surface area contributed by atoms with E-state index in [0.717, 1.165) is 37.1 Å². The van der Waals surface area contributed by atoms with E-state index in [1.807, 2.05) is 0 Å². The van der Waals surface area contributed by atoms with Gasteiger partial charge in [0.25, 0.3) is 0 Å². The number of allylic oxidation sites excluding steroid dienone is 3. The molecule has 0 amide bonds. The Kier molecular flexibility index (Phi) is 21.9. The molecule has 1 heterocycles. The van der Waals surface area contributed by atoms with Crippen molar-refractivity contribution in [2.24, 2.45) is 0 Å². The normalized spacial score (nSPS) is 14.1. The molecule has 2 heteroatoms. The van der Waals surface area contributed by atoms with Crippen molar-refractivity contribution < 1.29 is 4.68 Å². The first kappa shape index (κ1) is 41.8. The Balaban J connectivity index is 1.53. The van der Waals surface area contributed by atoms with Gasteiger partial charge in [-0.1, -0.05) is 186 Å². The van der Waals surface area contributed by atoms with Crippen LogP contribution in [0.3, 0.4) is 0 Å². The van der Waals surface area contributed by atoms with E-state index in [0.29, 0.717) is 0 Å². The number of hydrogen-bond donors (Lipinski definition) is 0. The first-order chi connectivity index (χ1) is 24.6. The maximum atomic E-state index is 9.47.